The highest BCUT2D eigenvalue weighted by molar-refractivity contribution is 7.16. The zero-order chi connectivity index (χ0) is 18.2. The minimum Gasteiger partial charge on any atom is -0.495 e. The number of ether oxygens (including phenoxy) is 1. The Morgan fingerprint density at radius 2 is 2.04 bits per heavy atom. The van der Waals surface area contributed by atoms with Gasteiger partial charge in [0.15, 0.2) is 0 Å². The first kappa shape index (κ1) is 17.8. The zero-order valence-electron chi connectivity index (χ0n) is 15.3. The number of rotatable bonds is 3. The van der Waals surface area contributed by atoms with E-state index in [2.05, 4.69) is 26.1 Å². The van der Waals surface area contributed by atoms with Gasteiger partial charge in [-0.15, -0.1) is 11.3 Å². The van der Waals surface area contributed by atoms with Crippen LogP contribution in [0.5, 0.6) is 5.75 Å². The van der Waals surface area contributed by atoms with Gasteiger partial charge in [0.1, 0.15) is 5.75 Å². The average Bonchev–Trinajstić information content (AvgIpc) is 2.89. The van der Waals surface area contributed by atoms with Gasteiger partial charge in [0, 0.05) is 4.88 Å². The van der Waals surface area contributed by atoms with Gasteiger partial charge in [-0.2, -0.15) is 0 Å². The standard InChI is InChI=1S/C20H26N2O2S/c1-20(2,3)12-9-10-13-16(11-12)25-18(21)17(13)19(23)22-14-7-5-6-8-15(14)24-4/h5-8,12H,9-11,21H2,1-4H3,(H,22,23). The van der Waals surface area contributed by atoms with Gasteiger partial charge in [-0.1, -0.05) is 32.9 Å². The maximum absolute atomic E-state index is 12.9. The summed E-state index contributed by atoms with van der Waals surface area (Å²) < 4.78 is 5.31. The Kier molecular flexibility index (Phi) is 4.78. The number of methoxy groups -OCH3 is 1. The third-order valence-electron chi connectivity index (χ3n) is 5.10. The van der Waals surface area contributed by atoms with Crippen LogP contribution in [0.3, 0.4) is 0 Å². The van der Waals surface area contributed by atoms with Crippen molar-refractivity contribution in [2.75, 3.05) is 18.2 Å². The number of nitrogens with one attached hydrogen (secondary N) is 1. The van der Waals surface area contributed by atoms with Gasteiger partial charge in [-0.3, -0.25) is 4.79 Å². The fourth-order valence-electron chi connectivity index (χ4n) is 3.53. The maximum atomic E-state index is 12.9. The van der Waals surface area contributed by atoms with Crippen molar-refractivity contribution in [1.82, 2.24) is 0 Å². The van der Waals surface area contributed by atoms with Gasteiger partial charge >= 0.3 is 0 Å². The van der Waals surface area contributed by atoms with Gasteiger partial charge in [0.2, 0.25) is 0 Å². The van der Waals surface area contributed by atoms with E-state index in [4.69, 9.17) is 10.5 Å². The van der Waals surface area contributed by atoms with Crippen molar-refractivity contribution in [2.24, 2.45) is 11.3 Å². The molecule has 5 heteroatoms. The molecule has 25 heavy (non-hydrogen) atoms. The first-order valence-electron chi connectivity index (χ1n) is 8.65. The van der Waals surface area contributed by atoms with E-state index in [1.54, 1.807) is 18.4 Å². The number of carbonyl (C=O) groups excluding carboxylic acids is 1. The molecule has 1 amide bonds. The lowest BCUT2D eigenvalue weighted by Crippen LogP contribution is -2.27. The molecule has 0 saturated carbocycles. The molecule has 0 radical (unpaired) electrons. The van der Waals surface area contributed by atoms with Crippen LogP contribution in [0.4, 0.5) is 10.7 Å². The van der Waals surface area contributed by atoms with Crippen molar-refractivity contribution in [2.45, 2.75) is 40.0 Å². The molecule has 134 valence electrons. The summed E-state index contributed by atoms with van der Waals surface area (Å²) in [5, 5.41) is 3.58. The van der Waals surface area contributed by atoms with Gasteiger partial charge in [0.05, 0.1) is 23.4 Å². The number of amides is 1. The van der Waals surface area contributed by atoms with Gasteiger partial charge in [-0.05, 0) is 48.3 Å². The van der Waals surface area contributed by atoms with E-state index >= 15 is 0 Å². The highest BCUT2D eigenvalue weighted by atomic mass is 32.1. The van der Waals surface area contributed by atoms with Crippen LogP contribution in [0.15, 0.2) is 24.3 Å². The average molecular weight is 359 g/mol. The largest absolute Gasteiger partial charge is 0.495 e. The highest BCUT2D eigenvalue weighted by Gasteiger charge is 2.33. The Balaban J connectivity index is 1.87. The normalized spacial score (nSPS) is 17.0. The second-order valence-electron chi connectivity index (χ2n) is 7.70. The van der Waals surface area contributed by atoms with Crippen molar-refractivity contribution >= 4 is 27.9 Å². The predicted molar refractivity (Wildman–Crippen MR) is 105 cm³/mol. The zero-order valence-corrected chi connectivity index (χ0v) is 16.1. The summed E-state index contributed by atoms with van der Waals surface area (Å²) in [6, 6.07) is 7.41. The van der Waals surface area contributed by atoms with Crippen LogP contribution >= 0.6 is 11.3 Å². The molecule has 4 nitrogen and oxygen atoms in total. The first-order chi connectivity index (χ1) is 11.8. The number of hydrogen-bond donors (Lipinski definition) is 2. The molecule has 3 rings (SSSR count). The second kappa shape index (κ2) is 6.71. The molecular formula is C20H26N2O2S. The molecule has 1 aromatic carbocycles. The molecule has 0 aliphatic heterocycles. The molecule has 1 atom stereocenters. The summed E-state index contributed by atoms with van der Waals surface area (Å²) in [6.07, 6.45) is 3.02. The van der Waals surface area contributed by atoms with Crippen LogP contribution in [0.2, 0.25) is 0 Å². The van der Waals surface area contributed by atoms with E-state index in [9.17, 15) is 4.79 Å². The van der Waals surface area contributed by atoms with Crippen LogP contribution < -0.4 is 15.8 Å². The molecule has 1 aliphatic rings. The predicted octanol–water partition coefficient (Wildman–Crippen LogP) is 4.74. The minimum atomic E-state index is -0.145. The molecule has 0 fully saturated rings. The molecule has 1 aliphatic carbocycles. The van der Waals surface area contributed by atoms with Gasteiger partial charge < -0.3 is 15.8 Å². The Hall–Kier alpha value is -2.01. The summed E-state index contributed by atoms with van der Waals surface area (Å²) in [5.41, 5.74) is 8.95. The van der Waals surface area contributed by atoms with Crippen LogP contribution in [0, 0.1) is 11.3 Å². The quantitative estimate of drug-likeness (QED) is 0.833. The monoisotopic (exact) mass is 358 g/mol. The number of benzene rings is 1. The number of nitrogens with two attached hydrogens (primary N) is 1. The summed E-state index contributed by atoms with van der Waals surface area (Å²) >= 11 is 1.57. The summed E-state index contributed by atoms with van der Waals surface area (Å²) in [5.74, 6) is 1.13. The minimum absolute atomic E-state index is 0.145. The number of anilines is 2. The highest BCUT2D eigenvalue weighted by Crippen LogP contribution is 2.43. The lowest BCUT2D eigenvalue weighted by Gasteiger charge is -2.33. The molecule has 0 saturated heterocycles. The number of para-hydroxylation sites is 2. The van der Waals surface area contributed by atoms with E-state index in [1.807, 2.05) is 24.3 Å². The van der Waals surface area contributed by atoms with Crippen molar-refractivity contribution in [1.29, 1.82) is 0 Å². The summed E-state index contributed by atoms with van der Waals surface area (Å²) in [7, 11) is 1.60. The number of nitrogen functional groups attached to an aromatic ring is 1. The molecule has 3 N–H and O–H groups in total. The van der Waals surface area contributed by atoms with Crippen LogP contribution in [-0.4, -0.2) is 13.0 Å². The van der Waals surface area contributed by atoms with Gasteiger partial charge in [-0.25, -0.2) is 0 Å². The topological polar surface area (TPSA) is 64.3 Å². The third kappa shape index (κ3) is 3.52. The van der Waals surface area contributed by atoms with Crippen LogP contribution in [0.25, 0.3) is 0 Å². The maximum Gasteiger partial charge on any atom is 0.259 e. The van der Waals surface area contributed by atoms with E-state index in [-0.39, 0.29) is 11.3 Å². The number of hydrogen-bond acceptors (Lipinski definition) is 4. The number of carbonyl (C=O) groups is 1. The number of fused-ring (bicyclic) bond motifs is 1. The lowest BCUT2D eigenvalue weighted by atomic mass is 9.72. The molecule has 2 aromatic rings. The SMILES string of the molecule is COc1ccccc1NC(=O)c1c(N)sc2c1CCC(C(C)(C)C)C2. The second-order valence-corrected chi connectivity index (χ2v) is 8.84. The molecule has 0 bridgehead atoms. The molecular weight excluding hydrogens is 332 g/mol. The molecule has 1 aromatic heterocycles. The van der Waals surface area contributed by atoms with Crippen molar-refractivity contribution in [3.05, 3.63) is 40.3 Å². The van der Waals surface area contributed by atoms with Crippen LogP contribution in [-0.2, 0) is 12.8 Å². The fourth-order valence-corrected chi connectivity index (χ4v) is 4.72. The smallest absolute Gasteiger partial charge is 0.259 e. The summed E-state index contributed by atoms with van der Waals surface area (Å²) in [6.45, 7) is 6.86. The number of thiophene rings is 1. The van der Waals surface area contributed by atoms with Gasteiger partial charge in [0.25, 0.3) is 5.91 Å². The van der Waals surface area contributed by atoms with Crippen LogP contribution in [0.1, 0.15) is 48.0 Å². The Morgan fingerprint density at radius 1 is 1.32 bits per heavy atom. The third-order valence-corrected chi connectivity index (χ3v) is 6.18. The van der Waals surface area contributed by atoms with E-state index in [1.165, 1.54) is 4.88 Å². The van der Waals surface area contributed by atoms with Crippen molar-refractivity contribution < 1.29 is 9.53 Å². The molecule has 0 spiro atoms. The van der Waals surface area contributed by atoms with Crippen molar-refractivity contribution in [3.63, 3.8) is 0 Å². The van der Waals surface area contributed by atoms with E-state index in [0.717, 1.165) is 24.8 Å². The summed E-state index contributed by atoms with van der Waals surface area (Å²) in [4.78, 5) is 14.1. The van der Waals surface area contributed by atoms with E-state index < -0.39 is 0 Å². The van der Waals surface area contributed by atoms with E-state index in [0.29, 0.717) is 27.9 Å². The Labute approximate surface area is 153 Å². The molecule has 1 unspecified atom stereocenters. The Bertz CT molecular complexity index is 789. The van der Waals surface area contributed by atoms with Crippen molar-refractivity contribution in [3.8, 4) is 5.75 Å². The first-order valence-corrected chi connectivity index (χ1v) is 9.47. The molecule has 1 heterocycles. The lowest BCUT2D eigenvalue weighted by molar-refractivity contribution is 0.102. The fraction of sp³-hybridized carbons (Fsp3) is 0.450. The Morgan fingerprint density at radius 3 is 2.72 bits per heavy atom.